The summed E-state index contributed by atoms with van der Waals surface area (Å²) in [4.78, 5) is 0. The van der Waals surface area contributed by atoms with Crippen molar-refractivity contribution in [3.05, 3.63) is 71.8 Å². The molecule has 0 fully saturated rings. The van der Waals surface area contributed by atoms with Crippen molar-refractivity contribution in [1.82, 2.24) is 0 Å². The lowest BCUT2D eigenvalue weighted by atomic mass is 9.90. The van der Waals surface area contributed by atoms with Gasteiger partial charge in [-0.3, -0.25) is 0 Å². The highest BCUT2D eigenvalue weighted by Crippen LogP contribution is 2.40. The van der Waals surface area contributed by atoms with Crippen LogP contribution in [0, 0.1) is 0 Å². The van der Waals surface area contributed by atoms with Gasteiger partial charge in [0.25, 0.3) is 0 Å². The quantitative estimate of drug-likeness (QED) is 0.709. The molecule has 4 rings (SSSR count). The molecule has 20 heavy (non-hydrogen) atoms. The Balaban J connectivity index is 1.91. The van der Waals surface area contributed by atoms with Crippen LogP contribution >= 0.6 is 0 Å². The minimum Gasteiger partial charge on any atom is -0.488 e. The van der Waals surface area contributed by atoms with E-state index in [4.69, 9.17) is 4.74 Å². The summed E-state index contributed by atoms with van der Waals surface area (Å²) < 4.78 is 5.93. The van der Waals surface area contributed by atoms with E-state index in [2.05, 4.69) is 60.7 Å². The van der Waals surface area contributed by atoms with Gasteiger partial charge in [0.15, 0.2) is 0 Å². The number of hydrogen-bond donors (Lipinski definition) is 0. The molecule has 1 nitrogen and oxygen atoms in total. The van der Waals surface area contributed by atoms with Crippen LogP contribution in [-0.2, 0) is 0 Å². The van der Waals surface area contributed by atoms with Crippen molar-refractivity contribution >= 4 is 16.3 Å². The van der Waals surface area contributed by atoms with Crippen molar-refractivity contribution in [1.29, 1.82) is 0 Å². The molecule has 2 aliphatic rings. The van der Waals surface area contributed by atoms with Gasteiger partial charge in [0.05, 0.1) is 0 Å². The van der Waals surface area contributed by atoms with Gasteiger partial charge in [-0.15, -0.1) is 0 Å². The topological polar surface area (TPSA) is 9.23 Å². The maximum Gasteiger partial charge on any atom is 0.135 e. The van der Waals surface area contributed by atoms with Gasteiger partial charge >= 0.3 is 0 Å². The van der Waals surface area contributed by atoms with Crippen molar-refractivity contribution < 1.29 is 4.74 Å². The Hall–Kier alpha value is -2.28. The Bertz CT molecular complexity index is 762. The fourth-order valence-electron chi connectivity index (χ4n) is 3.02. The monoisotopic (exact) mass is 260 g/mol. The third kappa shape index (κ3) is 1.78. The van der Waals surface area contributed by atoms with Gasteiger partial charge in [0, 0.05) is 10.9 Å². The van der Waals surface area contributed by atoms with Crippen molar-refractivity contribution in [2.24, 2.45) is 0 Å². The Morgan fingerprint density at radius 1 is 0.900 bits per heavy atom. The van der Waals surface area contributed by atoms with E-state index in [-0.39, 0.29) is 0 Å². The molecule has 0 amide bonds. The van der Waals surface area contributed by atoms with Gasteiger partial charge in [-0.1, -0.05) is 54.6 Å². The Labute approximate surface area is 118 Å². The summed E-state index contributed by atoms with van der Waals surface area (Å²) >= 11 is 0. The zero-order chi connectivity index (χ0) is 13.4. The highest BCUT2D eigenvalue weighted by Gasteiger charge is 2.18. The minimum absolute atomic E-state index is 0.654. The molecule has 2 aromatic carbocycles. The molecule has 0 spiro atoms. The summed E-state index contributed by atoms with van der Waals surface area (Å²) in [6.45, 7) is 0.654. The number of benzene rings is 2. The van der Waals surface area contributed by atoms with Crippen LogP contribution < -0.4 is 4.74 Å². The van der Waals surface area contributed by atoms with Gasteiger partial charge in [-0.25, -0.2) is 0 Å². The van der Waals surface area contributed by atoms with Crippen LogP contribution in [0.2, 0.25) is 0 Å². The summed E-state index contributed by atoms with van der Waals surface area (Å²) in [5.74, 6) is 1.03. The molecule has 0 unspecified atom stereocenters. The van der Waals surface area contributed by atoms with E-state index in [1.807, 2.05) is 0 Å². The summed E-state index contributed by atoms with van der Waals surface area (Å²) in [7, 11) is 0. The molecule has 0 bridgehead atoms. The molecule has 0 saturated heterocycles. The number of allylic oxidation sites excluding steroid dienone is 5. The lowest BCUT2D eigenvalue weighted by Gasteiger charge is -2.22. The first kappa shape index (κ1) is 11.5. The molecule has 1 heteroatoms. The lowest BCUT2D eigenvalue weighted by Crippen LogP contribution is -2.06. The second-order valence-electron chi connectivity index (χ2n) is 5.23. The normalized spacial score (nSPS) is 17.2. The van der Waals surface area contributed by atoms with Gasteiger partial charge in [-0.05, 0) is 35.5 Å². The second kappa shape index (κ2) is 4.68. The second-order valence-corrected chi connectivity index (χ2v) is 5.23. The van der Waals surface area contributed by atoms with Crippen molar-refractivity contribution in [2.75, 3.05) is 6.61 Å². The fourth-order valence-corrected chi connectivity index (χ4v) is 3.02. The zero-order valence-electron chi connectivity index (χ0n) is 11.3. The van der Waals surface area contributed by atoms with E-state index in [9.17, 15) is 0 Å². The van der Waals surface area contributed by atoms with Crippen LogP contribution in [-0.4, -0.2) is 6.61 Å². The first-order valence-electron chi connectivity index (χ1n) is 7.15. The molecule has 98 valence electrons. The molecule has 1 aliphatic heterocycles. The molecule has 2 aromatic rings. The average Bonchev–Trinajstić information content (AvgIpc) is 2.55. The molecule has 0 radical (unpaired) electrons. The zero-order valence-corrected chi connectivity index (χ0v) is 11.3. The van der Waals surface area contributed by atoms with Crippen LogP contribution in [0.1, 0.15) is 18.4 Å². The highest BCUT2D eigenvalue weighted by atomic mass is 16.5. The summed E-state index contributed by atoms with van der Waals surface area (Å²) in [5, 5.41) is 2.44. The molecule has 0 atom stereocenters. The van der Waals surface area contributed by atoms with Crippen LogP contribution in [0.15, 0.2) is 66.3 Å². The maximum atomic E-state index is 5.93. The van der Waals surface area contributed by atoms with Crippen LogP contribution in [0.5, 0.6) is 5.75 Å². The van der Waals surface area contributed by atoms with Gasteiger partial charge in [0.2, 0.25) is 0 Å². The lowest BCUT2D eigenvalue weighted by molar-refractivity contribution is 0.362. The molecule has 1 heterocycles. The van der Waals surface area contributed by atoms with E-state index in [1.165, 1.54) is 27.5 Å². The smallest absolute Gasteiger partial charge is 0.135 e. The van der Waals surface area contributed by atoms with Crippen molar-refractivity contribution in [3.8, 4) is 5.75 Å². The van der Waals surface area contributed by atoms with E-state index in [1.54, 1.807) is 0 Å². The van der Waals surface area contributed by atoms with E-state index >= 15 is 0 Å². The first-order chi connectivity index (χ1) is 9.93. The third-order valence-electron chi connectivity index (χ3n) is 3.99. The summed E-state index contributed by atoms with van der Waals surface area (Å²) in [5.41, 5.74) is 3.86. The fraction of sp³-hybridized carbons (Fsp3) is 0.158. The van der Waals surface area contributed by atoms with Crippen LogP contribution in [0.3, 0.4) is 0 Å². The molecular formula is C19H16O. The Kier molecular flexibility index (Phi) is 2.70. The third-order valence-corrected chi connectivity index (χ3v) is 3.99. The number of rotatable bonds is 1. The van der Waals surface area contributed by atoms with Crippen molar-refractivity contribution in [2.45, 2.75) is 12.8 Å². The number of hydrogen-bond acceptors (Lipinski definition) is 1. The molecule has 0 N–H and O–H groups in total. The van der Waals surface area contributed by atoms with E-state index in [0.29, 0.717) is 6.61 Å². The predicted octanol–water partition coefficient (Wildman–Crippen LogP) is 4.89. The minimum atomic E-state index is 0.654. The van der Waals surface area contributed by atoms with Crippen LogP contribution in [0.25, 0.3) is 16.3 Å². The Morgan fingerprint density at radius 3 is 2.75 bits per heavy atom. The highest BCUT2D eigenvalue weighted by molar-refractivity contribution is 5.97. The average molecular weight is 260 g/mol. The SMILES string of the molecule is C1=CC(C2=CCOc3c2ccc2ccccc32)=CCC1. The number of ether oxygens (including phenoxy) is 1. The first-order valence-corrected chi connectivity index (χ1v) is 7.15. The van der Waals surface area contributed by atoms with Crippen LogP contribution in [0.4, 0.5) is 0 Å². The van der Waals surface area contributed by atoms with Gasteiger partial charge < -0.3 is 4.74 Å². The molecular weight excluding hydrogens is 244 g/mol. The van der Waals surface area contributed by atoms with E-state index < -0.39 is 0 Å². The molecule has 0 aromatic heterocycles. The van der Waals surface area contributed by atoms with Gasteiger partial charge in [-0.2, -0.15) is 0 Å². The Morgan fingerprint density at radius 2 is 1.85 bits per heavy atom. The molecule has 0 saturated carbocycles. The molecule has 1 aliphatic carbocycles. The summed E-state index contributed by atoms with van der Waals surface area (Å²) in [6, 6.07) is 12.8. The van der Waals surface area contributed by atoms with Crippen molar-refractivity contribution in [3.63, 3.8) is 0 Å². The van der Waals surface area contributed by atoms with Gasteiger partial charge in [0.1, 0.15) is 12.4 Å². The standard InChI is InChI=1S/C19H16O/c1-2-6-14(7-3-1)16-12-13-20-19-17-9-5-4-8-15(17)10-11-18(16)19/h2,4-12H,1,3,13H2. The predicted molar refractivity (Wildman–Crippen MR) is 83.9 cm³/mol. The maximum absolute atomic E-state index is 5.93. The van der Waals surface area contributed by atoms with E-state index in [0.717, 1.165) is 18.6 Å². The largest absolute Gasteiger partial charge is 0.488 e. The summed E-state index contributed by atoms with van der Waals surface area (Å²) in [6.07, 6.45) is 11.3. The number of fused-ring (bicyclic) bond motifs is 3.